The molecule has 0 saturated heterocycles. The van der Waals surface area contributed by atoms with E-state index in [-0.39, 0.29) is 35.9 Å². The number of nitrogens with one attached hydrogen (secondary N) is 2. The van der Waals surface area contributed by atoms with Crippen LogP contribution in [0.2, 0.25) is 0 Å². The normalized spacial score (nSPS) is 11.2. The van der Waals surface area contributed by atoms with Crippen LogP contribution in [0.4, 0.5) is 11.4 Å². The first-order valence-electron chi connectivity index (χ1n) is 8.21. The van der Waals surface area contributed by atoms with E-state index < -0.39 is 10.8 Å². The number of nitro benzene ring substituents is 1. The van der Waals surface area contributed by atoms with E-state index in [1.165, 1.54) is 25.3 Å². The number of ether oxygens (including phenoxy) is 1. The Kier molecular flexibility index (Phi) is 7.51. The molecule has 0 aliphatic carbocycles. The number of likely N-dealkylation sites (N-methyl/N-ethyl adjacent to an activating group) is 1. The van der Waals surface area contributed by atoms with Gasteiger partial charge >= 0.3 is 0 Å². The third kappa shape index (κ3) is 7.06. The summed E-state index contributed by atoms with van der Waals surface area (Å²) >= 11 is 0. The molecule has 9 heteroatoms. The average molecular weight is 366 g/mol. The minimum Gasteiger partial charge on any atom is -0.496 e. The summed E-state index contributed by atoms with van der Waals surface area (Å²) in [6, 6.07) is 4.18. The van der Waals surface area contributed by atoms with Crippen molar-refractivity contribution in [3.8, 4) is 5.75 Å². The van der Waals surface area contributed by atoms with Crippen molar-refractivity contribution in [1.82, 2.24) is 10.2 Å². The topological polar surface area (TPSA) is 114 Å². The van der Waals surface area contributed by atoms with E-state index in [1.54, 1.807) is 4.90 Å². The molecule has 1 aromatic rings. The predicted octanol–water partition coefficient (Wildman–Crippen LogP) is 1.78. The van der Waals surface area contributed by atoms with Crippen molar-refractivity contribution < 1.29 is 19.2 Å². The van der Waals surface area contributed by atoms with Crippen LogP contribution in [0.5, 0.6) is 5.75 Å². The van der Waals surface area contributed by atoms with Crippen LogP contribution in [0.25, 0.3) is 0 Å². The summed E-state index contributed by atoms with van der Waals surface area (Å²) in [5.74, 6) is -0.310. The molecule has 0 unspecified atom stereocenters. The van der Waals surface area contributed by atoms with Gasteiger partial charge in [0.15, 0.2) is 0 Å². The van der Waals surface area contributed by atoms with Crippen LogP contribution >= 0.6 is 0 Å². The first-order valence-corrected chi connectivity index (χ1v) is 8.21. The van der Waals surface area contributed by atoms with Crippen LogP contribution in [-0.2, 0) is 9.59 Å². The number of anilines is 1. The maximum Gasteiger partial charge on any atom is 0.296 e. The Hall–Kier alpha value is -2.68. The molecule has 0 aromatic heterocycles. The zero-order valence-electron chi connectivity index (χ0n) is 15.8. The van der Waals surface area contributed by atoms with Crippen LogP contribution in [-0.4, -0.2) is 53.9 Å². The van der Waals surface area contributed by atoms with Gasteiger partial charge in [0.2, 0.25) is 11.8 Å². The highest BCUT2D eigenvalue weighted by Crippen LogP contribution is 2.28. The van der Waals surface area contributed by atoms with Crippen molar-refractivity contribution in [2.45, 2.75) is 33.2 Å². The Bertz CT molecular complexity index is 670. The average Bonchev–Trinajstić information content (AvgIpc) is 2.52. The summed E-state index contributed by atoms with van der Waals surface area (Å²) < 4.78 is 4.96. The molecule has 1 rings (SSSR count). The van der Waals surface area contributed by atoms with Crippen LogP contribution in [0, 0.1) is 10.1 Å². The van der Waals surface area contributed by atoms with Crippen molar-refractivity contribution in [1.29, 1.82) is 0 Å². The minimum atomic E-state index is -0.591. The summed E-state index contributed by atoms with van der Waals surface area (Å²) in [5, 5.41) is 16.5. The zero-order chi connectivity index (χ0) is 19.9. The van der Waals surface area contributed by atoms with Gasteiger partial charge in [0.05, 0.1) is 31.2 Å². The van der Waals surface area contributed by atoms with Gasteiger partial charge in [-0.25, -0.2) is 0 Å². The molecule has 0 radical (unpaired) electrons. The van der Waals surface area contributed by atoms with Gasteiger partial charge in [-0.1, -0.05) is 6.92 Å². The summed E-state index contributed by atoms with van der Waals surface area (Å²) in [6.07, 6.45) is 0. The van der Waals surface area contributed by atoms with E-state index in [4.69, 9.17) is 4.74 Å². The summed E-state index contributed by atoms with van der Waals surface area (Å²) in [7, 11) is 1.40. The van der Waals surface area contributed by atoms with E-state index in [1.807, 2.05) is 27.7 Å². The third-order valence-electron chi connectivity index (χ3n) is 3.37. The first kappa shape index (κ1) is 21.4. The highest BCUT2D eigenvalue weighted by Gasteiger charge is 2.20. The van der Waals surface area contributed by atoms with Gasteiger partial charge in [-0.05, 0) is 39.4 Å². The number of benzene rings is 1. The molecule has 0 aliphatic rings. The molecule has 0 aliphatic heterocycles. The summed E-state index contributed by atoms with van der Waals surface area (Å²) in [4.78, 5) is 36.5. The number of methoxy groups -OCH3 is 1. The highest BCUT2D eigenvalue weighted by molar-refractivity contribution is 5.95. The van der Waals surface area contributed by atoms with E-state index in [0.29, 0.717) is 12.3 Å². The molecular weight excluding hydrogens is 340 g/mol. The largest absolute Gasteiger partial charge is 0.496 e. The summed E-state index contributed by atoms with van der Waals surface area (Å²) in [5.41, 5.74) is -0.537. The van der Waals surface area contributed by atoms with Gasteiger partial charge in [-0.15, -0.1) is 0 Å². The van der Waals surface area contributed by atoms with Crippen LogP contribution in [0.1, 0.15) is 27.7 Å². The van der Waals surface area contributed by atoms with Crippen molar-refractivity contribution in [3.63, 3.8) is 0 Å². The fraction of sp³-hybridized carbons (Fsp3) is 0.529. The second-order valence-corrected chi connectivity index (χ2v) is 6.79. The molecule has 0 spiro atoms. The van der Waals surface area contributed by atoms with E-state index in [2.05, 4.69) is 10.6 Å². The molecule has 26 heavy (non-hydrogen) atoms. The Labute approximate surface area is 152 Å². The fourth-order valence-electron chi connectivity index (χ4n) is 2.23. The molecule has 0 atom stereocenters. The smallest absolute Gasteiger partial charge is 0.296 e. The van der Waals surface area contributed by atoms with Crippen molar-refractivity contribution >= 4 is 23.2 Å². The second kappa shape index (κ2) is 9.14. The van der Waals surface area contributed by atoms with Gasteiger partial charge in [-0.3, -0.25) is 24.6 Å². The number of hydrogen-bond acceptors (Lipinski definition) is 6. The van der Waals surface area contributed by atoms with Crippen molar-refractivity contribution in [2.24, 2.45) is 0 Å². The first-order chi connectivity index (χ1) is 12.1. The van der Waals surface area contributed by atoms with Gasteiger partial charge in [0, 0.05) is 5.54 Å². The van der Waals surface area contributed by atoms with Gasteiger partial charge < -0.3 is 15.4 Å². The van der Waals surface area contributed by atoms with Gasteiger partial charge in [0.25, 0.3) is 5.69 Å². The molecule has 2 amide bonds. The molecule has 0 bridgehead atoms. The number of nitro groups is 1. The number of amides is 2. The number of carbonyl (C=O) groups is 2. The molecule has 0 saturated carbocycles. The monoisotopic (exact) mass is 366 g/mol. The SMILES string of the molecule is CCN(CC(=O)Nc1ccc(OC)cc1[N+](=O)[O-])CC(=O)NC(C)(C)C. The molecule has 0 heterocycles. The Balaban J connectivity index is 2.75. The van der Waals surface area contributed by atoms with E-state index in [9.17, 15) is 19.7 Å². The Morgan fingerprint density at radius 3 is 2.35 bits per heavy atom. The van der Waals surface area contributed by atoms with E-state index >= 15 is 0 Å². The zero-order valence-corrected chi connectivity index (χ0v) is 15.8. The molecular formula is C17H26N4O5. The predicted molar refractivity (Wildman–Crippen MR) is 98.3 cm³/mol. The third-order valence-corrected chi connectivity index (χ3v) is 3.37. The lowest BCUT2D eigenvalue weighted by Crippen LogP contribution is -2.47. The molecule has 2 N–H and O–H groups in total. The second-order valence-electron chi connectivity index (χ2n) is 6.79. The Morgan fingerprint density at radius 1 is 1.23 bits per heavy atom. The summed E-state index contributed by atoms with van der Waals surface area (Å²) in [6.45, 7) is 7.93. The number of nitrogens with zero attached hydrogens (tertiary/aromatic N) is 2. The minimum absolute atomic E-state index is 0.0583. The van der Waals surface area contributed by atoms with Crippen LogP contribution in [0.15, 0.2) is 18.2 Å². The van der Waals surface area contributed by atoms with Gasteiger partial charge in [0.1, 0.15) is 11.4 Å². The number of carbonyl (C=O) groups excluding carboxylic acids is 2. The lowest BCUT2D eigenvalue weighted by Gasteiger charge is -2.24. The quantitative estimate of drug-likeness (QED) is 0.535. The fourth-order valence-corrected chi connectivity index (χ4v) is 2.23. The Morgan fingerprint density at radius 2 is 1.85 bits per heavy atom. The molecule has 1 aromatic carbocycles. The van der Waals surface area contributed by atoms with Crippen molar-refractivity contribution in [2.75, 3.05) is 32.1 Å². The number of rotatable bonds is 8. The standard InChI is InChI=1S/C17H26N4O5/c1-6-20(11-16(23)19-17(2,3)4)10-15(22)18-13-8-7-12(26-5)9-14(13)21(24)25/h7-9H,6,10-11H2,1-5H3,(H,18,22)(H,19,23). The van der Waals surface area contributed by atoms with Gasteiger partial charge in [-0.2, -0.15) is 0 Å². The van der Waals surface area contributed by atoms with E-state index in [0.717, 1.165) is 0 Å². The van der Waals surface area contributed by atoms with Crippen LogP contribution in [0.3, 0.4) is 0 Å². The number of hydrogen-bond donors (Lipinski definition) is 2. The highest BCUT2D eigenvalue weighted by atomic mass is 16.6. The lowest BCUT2D eigenvalue weighted by molar-refractivity contribution is -0.384. The maximum atomic E-state index is 12.2. The molecule has 144 valence electrons. The maximum absolute atomic E-state index is 12.2. The van der Waals surface area contributed by atoms with Crippen molar-refractivity contribution in [3.05, 3.63) is 28.3 Å². The molecule has 0 fully saturated rings. The molecule has 9 nitrogen and oxygen atoms in total. The lowest BCUT2D eigenvalue weighted by atomic mass is 10.1. The van der Waals surface area contributed by atoms with Crippen LogP contribution < -0.4 is 15.4 Å².